The van der Waals surface area contributed by atoms with Gasteiger partial charge in [0.2, 0.25) is 0 Å². The van der Waals surface area contributed by atoms with Gasteiger partial charge >= 0.3 is 0 Å². The number of nitrogens with zero attached hydrogens (tertiary/aromatic N) is 2. The Labute approximate surface area is 94.9 Å². The van der Waals surface area contributed by atoms with E-state index in [9.17, 15) is 4.79 Å². The summed E-state index contributed by atoms with van der Waals surface area (Å²) in [7, 11) is 2.13. The quantitative estimate of drug-likeness (QED) is 0.765. The number of H-pyrrole nitrogens is 1. The van der Waals surface area contributed by atoms with Crippen LogP contribution in [0.5, 0.6) is 0 Å². The van der Waals surface area contributed by atoms with Gasteiger partial charge in [-0.25, -0.2) is 4.98 Å². The zero-order valence-corrected chi connectivity index (χ0v) is 9.79. The summed E-state index contributed by atoms with van der Waals surface area (Å²) < 4.78 is 0. The minimum Gasteiger partial charge on any atom is -0.369 e. The van der Waals surface area contributed by atoms with Crippen LogP contribution < -0.4 is 10.9 Å². The van der Waals surface area contributed by atoms with Crippen molar-refractivity contribution in [3.05, 3.63) is 22.2 Å². The van der Waals surface area contributed by atoms with Crippen LogP contribution in [0.15, 0.2) is 10.9 Å². The summed E-state index contributed by atoms with van der Waals surface area (Å²) in [6.45, 7) is 3.59. The molecule has 5 heteroatoms. The molecule has 2 rings (SSSR count). The average Bonchev–Trinajstić information content (AvgIpc) is 2.98. The Balaban J connectivity index is 1.82. The van der Waals surface area contributed by atoms with Gasteiger partial charge in [-0.3, -0.25) is 4.79 Å². The van der Waals surface area contributed by atoms with E-state index in [4.69, 9.17) is 0 Å². The Morgan fingerprint density at radius 2 is 2.38 bits per heavy atom. The van der Waals surface area contributed by atoms with Crippen LogP contribution in [0.25, 0.3) is 0 Å². The Morgan fingerprint density at radius 1 is 1.62 bits per heavy atom. The molecule has 88 valence electrons. The fourth-order valence-electron chi connectivity index (χ4n) is 1.73. The first-order valence-corrected chi connectivity index (χ1v) is 5.67. The molecule has 0 unspecified atom stereocenters. The van der Waals surface area contributed by atoms with Gasteiger partial charge in [0.1, 0.15) is 11.6 Å². The highest BCUT2D eigenvalue weighted by molar-refractivity contribution is 5.32. The van der Waals surface area contributed by atoms with E-state index in [0.29, 0.717) is 11.6 Å². The number of hydrogen-bond acceptors (Lipinski definition) is 4. The lowest BCUT2D eigenvalue weighted by Gasteiger charge is -2.15. The maximum atomic E-state index is 11.2. The number of aromatic amines is 1. The maximum Gasteiger partial charge on any atom is 0.252 e. The Hall–Kier alpha value is -1.36. The lowest BCUT2D eigenvalue weighted by molar-refractivity contribution is 0.337. The van der Waals surface area contributed by atoms with Crippen LogP contribution in [0.3, 0.4) is 0 Å². The number of aryl methyl sites for hydroxylation is 1. The number of likely N-dealkylation sites (N-methyl/N-ethyl adjacent to an activating group) is 1. The van der Waals surface area contributed by atoms with Gasteiger partial charge in [0.25, 0.3) is 5.56 Å². The van der Waals surface area contributed by atoms with E-state index in [2.05, 4.69) is 27.2 Å². The van der Waals surface area contributed by atoms with Crippen LogP contribution in [-0.4, -0.2) is 41.0 Å². The summed E-state index contributed by atoms with van der Waals surface area (Å²) in [5, 5.41) is 3.17. The van der Waals surface area contributed by atoms with Crippen LogP contribution in [-0.2, 0) is 0 Å². The summed E-state index contributed by atoms with van der Waals surface area (Å²) >= 11 is 0. The molecule has 0 amide bonds. The third kappa shape index (κ3) is 3.06. The van der Waals surface area contributed by atoms with E-state index in [1.165, 1.54) is 18.9 Å². The van der Waals surface area contributed by atoms with Gasteiger partial charge in [0.15, 0.2) is 0 Å². The van der Waals surface area contributed by atoms with Gasteiger partial charge in [-0.15, -0.1) is 0 Å². The van der Waals surface area contributed by atoms with E-state index in [-0.39, 0.29) is 5.56 Å². The topological polar surface area (TPSA) is 61.0 Å². The van der Waals surface area contributed by atoms with E-state index >= 15 is 0 Å². The van der Waals surface area contributed by atoms with Crippen molar-refractivity contribution >= 4 is 5.82 Å². The molecular weight excluding hydrogens is 204 g/mol. The number of hydrogen-bond donors (Lipinski definition) is 2. The maximum absolute atomic E-state index is 11.2. The molecule has 1 fully saturated rings. The van der Waals surface area contributed by atoms with E-state index < -0.39 is 0 Å². The van der Waals surface area contributed by atoms with Crippen molar-refractivity contribution in [2.45, 2.75) is 25.8 Å². The minimum absolute atomic E-state index is 0.106. The van der Waals surface area contributed by atoms with Crippen molar-refractivity contribution in [3.8, 4) is 0 Å². The summed E-state index contributed by atoms with van der Waals surface area (Å²) in [5.41, 5.74) is -0.106. The Bertz CT molecular complexity index is 411. The zero-order chi connectivity index (χ0) is 11.5. The number of nitrogens with one attached hydrogen (secondary N) is 2. The number of rotatable bonds is 5. The first-order chi connectivity index (χ1) is 7.65. The second kappa shape index (κ2) is 4.65. The summed E-state index contributed by atoms with van der Waals surface area (Å²) in [6.07, 6.45) is 2.64. The van der Waals surface area contributed by atoms with E-state index in [1.807, 2.05) is 0 Å². The normalized spacial score (nSPS) is 15.4. The van der Waals surface area contributed by atoms with Crippen LogP contribution in [0.4, 0.5) is 5.82 Å². The van der Waals surface area contributed by atoms with Gasteiger partial charge in [-0.2, -0.15) is 0 Å². The van der Waals surface area contributed by atoms with Crippen LogP contribution in [0.2, 0.25) is 0 Å². The van der Waals surface area contributed by atoms with Crippen LogP contribution in [0, 0.1) is 6.92 Å². The molecule has 5 nitrogen and oxygen atoms in total. The third-order valence-corrected chi connectivity index (χ3v) is 2.80. The molecular formula is C11H18N4O. The first-order valence-electron chi connectivity index (χ1n) is 5.67. The fourth-order valence-corrected chi connectivity index (χ4v) is 1.73. The monoisotopic (exact) mass is 222 g/mol. The summed E-state index contributed by atoms with van der Waals surface area (Å²) in [5.74, 6) is 1.30. The van der Waals surface area contributed by atoms with Crippen LogP contribution >= 0.6 is 0 Å². The Morgan fingerprint density at radius 3 is 3.00 bits per heavy atom. The molecule has 16 heavy (non-hydrogen) atoms. The van der Waals surface area contributed by atoms with Crippen molar-refractivity contribution in [1.82, 2.24) is 14.9 Å². The molecule has 0 bridgehead atoms. The average molecular weight is 222 g/mol. The summed E-state index contributed by atoms with van der Waals surface area (Å²) in [6, 6.07) is 2.26. The molecule has 1 saturated carbocycles. The van der Waals surface area contributed by atoms with E-state index in [0.717, 1.165) is 19.1 Å². The standard InChI is InChI=1S/C11H18N4O/c1-8-13-10(7-11(16)14-8)12-5-6-15(2)9-3-4-9/h7,9H,3-6H2,1-2H3,(H2,12,13,14,16). The van der Waals surface area contributed by atoms with Gasteiger partial charge < -0.3 is 15.2 Å². The minimum atomic E-state index is -0.106. The number of anilines is 1. The van der Waals surface area contributed by atoms with Gasteiger partial charge in [0.05, 0.1) is 0 Å². The molecule has 2 N–H and O–H groups in total. The molecule has 1 heterocycles. The van der Waals surface area contributed by atoms with Crippen LogP contribution in [0.1, 0.15) is 18.7 Å². The SMILES string of the molecule is Cc1nc(NCCN(C)C2CC2)cc(=O)[nH]1. The molecule has 0 aliphatic heterocycles. The molecule has 1 aromatic rings. The van der Waals surface area contributed by atoms with Crippen molar-refractivity contribution < 1.29 is 0 Å². The van der Waals surface area contributed by atoms with E-state index in [1.54, 1.807) is 6.92 Å². The molecule has 0 saturated heterocycles. The predicted molar refractivity (Wildman–Crippen MR) is 63.7 cm³/mol. The molecule has 0 aromatic carbocycles. The first kappa shape index (κ1) is 11.1. The highest BCUT2D eigenvalue weighted by Gasteiger charge is 2.25. The van der Waals surface area contributed by atoms with Crippen molar-refractivity contribution in [3.63, 3.8) is 0 Å². The third-order valence-electron chi connectivity index (χ3n) is 2.80. The lowest BCUT2D eigenvalue weighted by atomic mass is 10.4. The number of aromatic nitrogens is 2. The Kier molecular flexibility index (Phi) is 3.24. The molecule has 0 radical (unpaired) electrons. The molecule has 0 atom stereocenters. The fraction of sp³-hybridized carbons (Fsp3) is 0.636. The predicted octanol–water partition coefficient (Wildman–Crippen LogP) is 0.584. The largest absolute Gasteiger partial charge is 0.369 e. The van der Waals surface area contributed by atoms with Gasteiger partial charge in [0, 0.05) is 25.2 Å². The second-order valence-corrected chi connectivity index (χ2v) is 4.35. The van der Waals surface area contributed by atoms with Crippen molar-refractivity contribution in [2.24, 2.45) is 0 Å². The molecule has 1 aliphatic rings. The smallest absolute Gasteiger partial charge is 0.252 e. The summed E-state index contributed by atoms with van der Waals surface area (Å²) in [4.78, 5) is 20.3. The van der Waals surface area contributed by atoms with Gasteiger partial charge in [-0.1, -0.05) is 0 Å². The zero-order valence-electron chi connectivity index (χ0n) is 9.79. The second-order valence-electron chi connectivity index (χ2n) is 4.35. The van der Waals surface area contributed by atoms with Crippen molar-refractivity contribution in [2.75, 3.05) is 25.5 Å². The molecule has 0 spiro atoms. The highest BCUT2D eigenvalue weighted by atomic mass is 16.1. The van der Waals surface area contributed by atoms with Crippen molar-refractivity contribution in [1.29, 1.82) is 0 Å². The highest BCUT2D eigenvalue weighted by Crippen LogP contribution is 2.24. The lowest BCUT2D eigenvalue weighted by Crippen LogP contribution is -2.27. The molecule has 1 aliphatic carbocycles. The van der Waals surface area contributed by atoms with Gasteiger partial charge in [-0.05, 0) is 26.8 Å². The molecule has 1 aromatic heterocycles.